The highest BCUT2D eigenvalue weighted by Crippen LogP contribution is 2.18. The highest BCUT2D eigenvalue weighted by atomic mass is 15.3. The van der Waals surface area contributed by atoms with Crippen LogP contribution >= 0.6 is 0 Å². The fourth-order valence-electron chi connectivity index (χ4n) is 1.90. The topological polar surface area (TPSA) is 50.7 Å². The Labute approximate surface area is 93.3 Å². The second-order valence-electron chi connectivity index (χ2n) is 3.88. The lowest BCUT2D eigenvalue weighted by atomic mass is 10.0. The number of nitrogens with zero attached hydrogens (tertiary/aromatic N) is 2. The molecule has 0 fully saturated rings. The van der Waals surface area contributed by atoms with Gasteiger partial charge in [0.2, 0.25) is 0 Å². The summed E-state index contributed by atoms with van der Waals surface area (Å²) in [7, 11) is 0. The lowest BCUT2D eigenvalue weighted by Crippen LogP contribution is -2.12. The Kier molecular flexibility index (Phi) is 1.96. The molecule has 2 aromatic carbocycles. The van der Waals surface area contributed by atoms with E-state index in [2.05, 4.69) is 40.5 Å². The number of hydrogen-bond acceptors (Lipinski definition) is 3. The largest absolute Gasteiger partial charge is 0.385 e. The zero-order valence-electron chi connectivity index (χ0n) is 8.72. The molecule has 0 amide bonds. The summed E-state index contributed by atoms with van der Waals surface area (Å²) >= 11 is 0. The van der Waals surface area contributed by atoms with Gasteiger partial charge in [0, 0.05) is 0 Å². The molecule has 0 atom stereocenters. The molecule has 0 unspecified atom stereocenters. The SMILES string of the molecule is NC1=NN=C(c2ccc3ccccc3c2)C1. The van der Waals surface area contributed by atoms with Crippen LogP contribution in [0.25, 0.3) is 10.8 Å². The molecule has 2 N–H and O–H groups in total. The van der Waals surface area contributed by atoms with Gasteiger partial charge in [0.15, 0.2) is 0 Å². The normalized spacial score (nSPS) is 15.0. The molecule has 2 aromatic rings. The number of hydrogen-bond donors (Lipinski definition) is 1. The van der Waals surface area contributed by atoms with E-state index < -0.39 is 0 Å². The summed E-state index contributed by atoms with van der Waals surface area (Å²) in [6.07, 6.45) is 0.651. The highest BCUT2D eigenvalue weighted by molar-refractivity contribution is 6.15. The van der Waals surface area contributed by atoms with Gasteiger partial charge in [-0.15, -0.1) is 5.10 Å². The summed E-state index contributed by atoms with van der Waals surface area (Å²) in [6, 6.07) is 14.6. The van der Waals surface area contributed by atoms with Crippen LogP contribution in [0.2, 0.25) is 0 Å². The van der Waals surface area contributed by atoms with E-state index in [0.29, 0.717) is 12.3 Å². The van der Waals surface area contributed by atoms with Crippen LogP contribution in [0.4, 0.5) is 0 Å². The lowest BCUT2D eigenvalue weighted by Gasteiger charge is -2.02. The maximum Gasteiger partial charge on any atom is 0.128 e. The van der Waals surface area contributed by atoms with E-state index in [1.54, 1.807) is 0 Å². The zero-order valence-corrected chi connectivity index (χ0v) is 8.72. The Morgan fingerprint density at radius 1 is 0.938 bits per heavy atom. The van der Waals surface area contributed by atoms with Crippen molar-refractivity contribution in [2.45, 2.75) is 6.42 Å². The van der Waals surface area contributed by atoms with Crippen molar-refractivity contribution in [2.75, 3.05) is 0 Å². The average Bonchev–Trinajstić information content (AvgIpc) is 2.75. The highest BCUT2D eigenvalue weighted by Gasteiger charge is 2.11. The van der Waals surface area contributed by atoms with Crippen molar-refractivity contribution in [3.8, 4) is 0 Å². The molecular weight excluding hydrogens is 198 g/mol. The van der Waals surface area contributed by atoms with Crippen LogP contribution in [0.5, 0.6) is 0 Å². The van der Waals surface area contributed by atoms with Crippen LogP contribution in [0.3, 0.4) is 0 Å². The Morgan fingerprint density at radius 2 is 1.75 bits per heavy atom. The third-order valence-corrected chi connectivity index (χ3v) is 2.73. The van der Waals surface area contributed by atoms with E-state index >= 15 is 0 Å². The molecule has 1 aliphatic rings. The maximum atomic E-state index is 5.61. The number of rotatable bonds is 1. The standard InChI is InChI=1S/C13H11N3/c14-13-8-12(15-16-13)11-6-5-9-3-1-2-4-10(9)7-11/h1-7H,8H2,(H2,14,16). The third-order valence-electron chi connectivity index (χ3n) is 2.73. The van der Waals surface area contributed by atoms with Gasteiger partial charge in [0.25, 0.3) is 0 Å². The molecule has 0 saturated carbocycles. The Bertz CT molecular complexity index is 611. The van der Waals surface area contributed by atoms with Gasteiger partial charge in [0.05, 0.1) is 12.1 Å². The van der Waals surface area contributed by atoms with Gasteiger partial charge in [-0.25, -0.2) is 0 Å². The van der Waals surface area contributed by atoms with Crippen LogP contribution in [-0.4, -0.2) is 11.5 Å². The third kappa shape index (κ3) is 1.46. The van der Waals surface area contributed by atoms with Crippen molar-refractivity contribution >= 4 is 22.3 Å². The van der Waals surface area contributed by atoms with Crippen LogP contribution in [0, 0.1) is 0 Å². The fraction of sp³-hybridized carbons (Fsp3) is 0.0769. The van der Waals surface area contributed by atoms with Crippen LogP contribution < -0.4 is 5.73 Å². The average molecular weight is 209 g/mol. The van der Waals surface area contributed by atoms with Gasteiger partial charge < -0.3 is 5.73 Å². The molecule has 1 aliphatic heterocycles. The number of benzene rings is 2. The Balaban J connectivity index is 2.06. The summed E-state index contributed by atoms with van der Waals surface area (Å²) in [6.45, 7) is 0. The smallest absolute Gasteiger partial charge is 0.128 e. The molecule has 0 saturated heterocycles. The lowest BCUT2D eigenvalue weighted by molar-refractivity contribution is 1.26. The van der Waals surface area contributed by atoms with E-state index in [9.17, 15) is 0 Å². The molecular formula is C13H11N3. The van der Waals surface area contributed by atoms with Crippen LogP contribution in [-0.2, 0) is 0 Å². The molecule has 0 aliphatic carbocycles. The molecule has 3 heteroatoms. The molecule has 78 valence electrons. The van der Waals surface area contributed by atoms with Gasteiger partial charge in [0.1, 0.15) is 5.84 Å². The van der Waals surface area contributed by atoms with E-state index in [-0.39, 0.29) is 0 Å². The predicted octanol–water partition coefficient (Wildman–Crippen LogP) is 2.30. The second kappa shape index (κ2) is 3.45. The quantitative estimate of drug-likeness (QED) is 0.769. The van der Waals surface area contributed by atoms with Gasteiger partial charge in [-0.3, -0.25) is 0 Å². The van der Waals surface area contributed by atoms with Crippen molar-refractivity contribution in [2.24, 2.45) is 15.9 Å². The van der Waals surface area contributed by atoms with Gasteiger partial charge >= 0.3 is 0 Å². The molecule has 1 heterocycles. The van der Waals surface area contributed by atoms with Gasteiger partial charge in [-0.1, -0.05) is 36.4 Å². The van der Waals surface area contributed by atoms with E-state index in [1.165, 1.54) is 10.8 Å². The van der Waals surface area contributed by atoms with E-state index in [0.717, 1.165) is 11.3 Å². The first-order valence-corrected chi connectivity index (χ1v) is 5.21. The van der Waals surface area contributed by atoms with E-state index in [1.807, 2.05) is 12.1 Å². The fourth-order valence-corrected chi connectivity index (χ4v) is 1.90. The molecule has 0 bridgehead atoms. The molecule has 3 rings (SSSR count). The van der Waals surface area contributed by atoms with Crippen molar-refractivity contribution < 1.29 is 0 Å². The number of nitrogens with two attached hydrogens (primary N) is 1. The summed E-state index contributed by atoms with van der Waals surface area (Å²) in [5.74, 6) is 0.586. The predicted molar refractivity (Wildman–Crippen MR) is 66.7 cm³/mol. The minimum absolute atomic E-state index is 0.586. The Hall–Kier alpha value is -2.16. The van der Waals surface area contributed by atoms with E-state index in [4.69, 9.17) is 5.73 Å². The number of amidine groups is 1. The van der Waals surface area contributed by atoms with Crippen LogP contribution in [0.1, 0.15) is 12.0 Å². The second-order valence-corrected chi connectivity index (χ2v) is 3.88. The van der Waals surface area contributed by atoms with Crippen molar-refractivity contribution in [3.63, 3.8) is 0 Å². The minimum atomic E-state index is 0.586. The molecule has 0 radical (unpaired) electrons. The Morgan fingerprint density at radius 3 is 2.50 bits per heavy atom. The van der Waals surface area contributed by atoms with Crippen molar-refractivity contribution in [3.05, 3.63) is 48.0 Å². The summed E-state index contributed by atoms with van der Waals surface area (Å²) in [5.41, 5.74) is 7.66. The first kappa shape index (κ1) is 9.09. The molecule has 16 heavy (non-hydrogen) atoms. The zero-order chi connectivity index (χ0) is 11.0. The molecule has 0 spiro atoms. The van der Waals surface area contributed by atoms with Crippen LogP contribution in [0.15, 0.2) is 52.7 Å². The van der Waals surface area contributed by atoms with Gasteiger partial charge in [-0.05, 0) is 22.4 Å². The molecule has 3 nitrogen and oxygen atoms in total. The first-order valence-electron chi connectivity index (χ1n) is 5.21. The monoisotopic (exact) mass is 209 g/mol. The van der Waals surface area contributed by atoms with Crippen molar-refractivity contribution in [1.29, 1.82) is 0 Å². The summed E-state index contributed by atoms with van der Waals surface area (Å²) in [5, 5.41) is 10.4. The van der Waals surface area contributed by atoms with Crippen molar-refractivity contribution in [1.82, 2.24) is 0 Å². The minimum Gasteiger partial charge on any atom is -0.385 e. The summed E-state index contributed by atoms with van der Waals surface area (Å²) in [4.78, 5) is 0. The summed E-state index contributed by atoms with van der Waals surface area (Å²) < 4.78 is 0. The number of fused-ring (bicyclic) bond motifs is 1. The van der Waals surface area contributed by atoms with Gasteiger partial charge in [-0.2, -0.15) is 5.10 Å². The maximum absolute atomic E-state index is 5.61. The first-order chi connectivity index (χ1) is 7.83. The molecule has 0 aromatic heterocycles.